The Morgan fingerprint density at radius 2 is 1.76 bits per heavy atom. The smallest absolute Gasteiger partial charge is 0.294 e. The van der Waals surface area contributed by atoms with Crippen molar-refractivity contribution < 1.29 is 17.7 Å². The molecule has 0 spiro atoms. The number of rotatable bonds is 4. The van der Waals surface area contributed by atoms with Gasteiger partial charge in [0.1, 0.15) is 11.4 Å². The highest BCUT2D eigenvalue weighted by molar-refractivity contribution is 7.85. The zero-order chi connectivity index (χ0) is 15.5. The Labute approximate surface area is 126 Å². The fraction of sp³-hybridized carbons (Fsp3) is 0.0769. The molecule has 0 heterocycles. The number of ether oxygens (including phenoxy) is 1. The molecule has 2 aromatic rings. The molecule has 6 nitrogen and oxygen atoms in total. The van der Waals surface area contributed by atoms with Crippen molar-refractivity contribution in [2.45, 2.75) is 4.90 Å². The Kier molecular flexibility index (Phi) is 4.56. The first-order valence-corrected chi connectivity index (χ1v) is 7.55. The topological polar surface area (TPSA) is 88.3 Å². The lowest BCUT2D eigenvalue weighted by Gasteiger charge is -2.01. The number of hydrogen-bond acceptors (Lipinski definition) is 5. The van der Waals surface area contributed by atoms with Gasteiger partial charge in [0.05, 0.1) is 22.7 Å². The number of methoxy groups -OCH3 is 1. The van der Waals surface area contributed by atoms with Gasteiger partial charge in [0.15, 0.2) is 0 Å². The quantitative estimate of drug-likeness (QED) is 0.679. The average molecular weight is 327 g/mol. The van der Waals surface area contributed by atoms with E-state index in [0.717, 1.165) is 0 Å². The lowest BCUT2D eigenvalue weighted by Crippen LogP contribution is -1.96. The van der Waals surface area contributed by atoms with Crippen LogP contribution in [0.3, 0.4) is 0 Å². The van der Waals surface area contributed by atoms with Gasteiger partial charge < -0.3 is 4.74 Å². The van der Waals surface area contributed by atoms with E-state index in [4.69, 9.17) is 20.9 Å². The van der Waals surface area contributed by atoms with E-state index >= 15 is 0 Å². The lowest BCUT2D eigenvalue weighted by atomic mass is 10.3. The Morgan fingerprint density at radius 3 is 2.29 bits per heavy atom. The third-order valence-electron chi connectivity index (χ3n) is 2.56. The molecule has 110 valence electrons. The maximum absolute atomic E-state index is 10.9. The van der Waals surface area contributed by atoms with Gasteiger partial charge in [-0.3, -0.25) is 4.55 Å². The molecule has 0 saturated carbocycles. The van der Waals surface area contributed by atoms with E-state index < -0.39 is 10.1 Å². The van der Waals surface area contributed by atoms with E-state index in [9.17, 15) is 8.42 Å². The summed E-state index contributed by atoms with van der Waals surface area (Å²) in [5.41, 5.74) is 0.880. The first-order valence-electron chi connectivity index (χ1n) is 5.73. The molecule has 0 amide bonds. The second-order valence-corrected chi connectivity index (χ2v) is 5.82. The van der Waals surface area contributed by atoms with Gasteiger partial charge >= 0.3 is 0 Å². The summed E-state index contributed by atoms with van der Waals surface area (Å²) in [6, 6.07) is 10.3. The Bertz CT molecular complexity index is 773. The van der Waals surface area contributed by atoms with Crippen molar-refractivity contribution in [2.75, 3.05) is 7.11 Å². The number of azo groups is 1. The van der Waals surface area contributed by atoms with Crippen LogP contribution >= 0.6 is 11.6 Å². The van der Waals surface area contributed by atoms with E-state index in [1.807, 2.05) is 0 Å². The van der Waals surface area contributed by atoms with Crippen molar-refractivity contribution in [3.05, 3.63) is 47.5 Å². The molecule has 0 atom stereocenters. The molecule has 0 bridgehead atoms. The van der Waals surface area contributed by atoms with Crippen LogP contribution in [-0.4, -0.2) is 20.1 Å². The highest BCUT2D eigenvalue weighted by atomic mass is 35.5. The second kappa shape index (κ2) is 6.21. The molecule has 0 aromatic heterocycles. The van der Waals surface area contributed by atoms with Gasteiger partial charge in [-0.2, -0.15) is 13.5 Å². The molecule has 8 heteroatoms. The minimum atomic E-state index is -4.21. The van der Waals surface area contributed by atoms with Crippen molar-refractivity contribution in [2.24, 2.45) is 10.2 Å². The van der Waals surface area contributed by atoms with Gasteiger partial charge in [-0.1, -0.05) is 11.6 Å². The molecular formula is C13H11ClN2O4S. The van der Waals surface area contributed by atoms with Gasteiger partial charge in [-0.25, -0.2) is 0 Å². The Hall–Kier alpha value is -1.96. The summed E-state index contributed by atoms with van der Waals surface area (Å²) < 4.78 is 35.7. The van der Waals surface area contributed by atoms with E-state index in [0.29, 0.717) is 22.1 Å². The van der Waals surface area contributed by atoms with Crippen LogP contribution in [0.4, 0.5) is 11.4 Å². The lowest BCUT2D eigenvalue weighted by molar-refractivity contribution is 0.415. The van der Waals surface area contributed by atoms with Crippen LogP contribution < -0.4 is 4.74 Å². The van der Waals surface area contributed by atoms with E-state index in [1.54, 1.807) is 18.2 Å². The Balaban J connectivity index is 2.22. The second-order valence-electron chi connectivity index (χ2n) is 3.99. The third-order valence-corrected chi connectivity index (χ3v) is 3.73. The van der Waals surface area contributed by atoms with Crippen molar-refractivity contribution in [1.29, 1.82) is 0 Å². The van der Waals surface area contributed by atoms with Crippen LogP contribution in [0, 0.1) is 0 Å². The third kappa shape index (κ3) is 4.01. The summed E-state index contributed by atoms with van der Waals surface area (Å²) in [6.45, 7) is 0. The van der Waals surface area contributed by atoms with Crippen molar-refractivity contribution in [1.82, 2.24) is 0 Å². The minimum absolute atomic E-state index is 0.205. The molecule has 2 aromatic carbocycles. The number of nitrogens with zero attached hydrogens (tertiary/aromatic N) is 2. The number of hydrogen-bond donors (Lipinski definition) is 1. The van der Waals surface area contributed by atoms with E-state index in [2.05, 4.69) is 10.2 Å². The van der Waals surface area contributed by atoms with E-state index in [-0.39, 0.29) is 4.90 Å². The predicted octanol–water partition coefficient (Wildman–Crippen LogP) is 4.01. The molecule has 0 radical (unpaired) electrons. The molecule has 0 fully saturated rings. The van der Waals surface area contributed by atoms with Crippen LogP contribution in [0.5, 0.6) is 5.75 Å². The van der Waals surface area contributed by atoms with Crippen LogP contribution in [0.15, 0.2) is 57.6 Å². The summed E-state index contributed by atoms with van der Waals surface area (Å²) in [6.07, 6.45) is 0. The maximum atomic E-state index is 10.9. The molecule has 21 heavy (non-hydrogen) atoms. The number of benzene rings is 2. The summed E-state index contributed by atoms with van der Waals surface area (Å²) in [5.74, 6) is 0.608. The first-order chi connectivity index (χ1) is 9.90. The van der Waals surface area contributed by atoms with Crippen LogP contribution in [-0.2, 0) is 10.1 Å². The van der Waals surface area contributed by atoms with Crippen LogP contribution in [0.25, 0.3) is 0 Å². The number of halogens is 1. The monoisotopic (exact) mass is 326 g/mol. The fourth-order valence-corrected chi connectivity index (χ4v) is 2.18. The molecule has 0 unspecified atom stereocenters. The molecule has 0 aliphatic heterocycles. The van der Waals surface area contributed by atoms with Crippen molar-refractivity contribution >= 4 is 33.1 Å². The van der Waals surface area contributed by atoms with Crippen LogP contribution in [0.2, 0.25) is 5.02 Å². The van der Waals surface area contributed by atoms with Gasteiger partial charge in [-0.15, -0.1) is 5.11 Å². The minimum Gasteiger partial charge on any atom is -0.497 e. The summed E-state index contributed by atoms with van der Waals surface area (Å²) >= 11 is 6.01. The van der Waals surface area contributed by atoms with Gasteiger partial charge in [0, 0.05) is 6.07 Å². The predicted molar refractivity (Wildman–Crippen MR) is 78.4 cm³/mol. The highest BCUT2D eigenvalue weighted by Gasteiger charge is 2.08. The van der Waals surface area contributed by atoms with E-state index in [1.165, 1.54) is 31.4 Å². The van der Waals surface area contributed by atoms with Crippen molar-refractivity contribution in [3.8, 4) is 5.75 Å². The summed E-state index contributed by atoms with van der Waals surface area (Å²) in [7, 11) is -2.68. The standard InChI is InChI=1S/C13H11ClN2O4S/c1-20-10-4-7-13(12(14)8-10)16-15-9-2-5-11(6-3-9)21(17,18)19/h2-8H,1H3,(H,17,18,19). The molecule has 1 N–H and O–H groups in total. The van der Waals surface area contributed by atoms with Gasteiger partial charge in [0.2, 0.25) is 0 Å². The van der Waals surface area contributed by atoms with Crippen molar-refractivity contribution in [3.63, 3.8) is 0 Å². The molecule has 0 saturated heterocycles. The normalized spacial score (nSPS) is 11.8. The highest BCUT2D eigenvalue weighted by Crippen LogP contribution is 2.30. The largest absolute Gasteiger partial charge is 0.497 e. The zero-order valence-corrected chi connectivity index (χ0v) is 12.5. The van der Waals surface area contributed by atoms with Crippen LogP contribution in [0.1, 0.15) is 0 Å². The molecule has 0 aliphatic rings. The zero-order valence-electron chi connectivity index (χ0n) is 10.9. The molecule has 2 rings (SSSR count). The summed E-state index contributed by atoms with van der Waals surface area (Å²) in [4.78, 5) is -0.205. The molecular weight excluding hydrogens is 316 g/mol. The molecule has 0 aliphatic carbocycles. The Morgan fingerprint density at radius 1 is 1.10 bits per heavy atom. The first kappa shape index (κ1) is 15.4. The summed E-state index contributed by atoms with van der Waals surface area (Å²) in [5, 5.41) is 8.29. The van der Waals surface area contributed by atoms with Gasteiger partial charge in [-0.05, 0) is 36.4 Å². The SMILES string of the molecule is COc1ccc(N=Nc2ccc(S(=O)(=O)O)cc2)c(Cl)c1. The average Bonchev–Trinajstić information content (AvgIpc) is 2.45. The maximum Gasteiger partial charge on any atom is 0.294 e. The fourth-order valence-electron chi connectivity index (χ4n) is 1.49. The van der Waals surface area contributed by atoms with Gasteiger partial charge in [0.25, 0.3) is 10.1 Å².